The van der Waals surface area contributed by atoms with Gasteiger partial charge in [0.25, 0.3) is 0 Å². The van der Waals surface area contributed by atoms with Crippen molar-refractivity contribution >= 4 is 17.3 Å². The number of Topliss-reactive ketones (excluding diaryl/α,β-unsaturated/α-hetero) is 3. The molecule has 0 saturated heterocycles. The molecule has 0 spiro atoms. The zero-order valence-corrected chi connectivity index (χ0v) is 9.47. The SMILES string of the molecule is CCC=CC1C(=O)C(=O)c2ccccc2C1=O. The molecule has 2 rings (SSSR count). The normalized spacial score (nSPS) is 19.8. The van der Waals surface area contributed by atoms with Crippen molar-refractivity contribution in [2.45, 2.75) is 13.3 Å². The van der Waals surface area contributed by atoms with Crippen LogP contribution in [0.4, 0.5) is 0 Å². The third-order valence-electron chi connectivity index (χ3n) is 2.79. The Morgan fingerprint density at radius 2 is 1.71 bits per heavy atom. The second-order valence-electron chi connectivity index (χ2n) is 3.92. The summed E-state index contributed by atoms with van der Waals surface area (Å²) in [7, 11) is 0. The highest BCUT2D eigenvalue weighted by Gasteiger charge is 2.38. The second-order valence-corrected chi connectivity index (χ2v) is 3.92. The topological polar surface area (TPSA) is 51.2 Å². The van der Waals surface area contributed by atoms with Crippen molar-refractivity contribution < 1.29 is 14.4 Å². The summed E-state index contributed by atoms with van der Waals surface area (Å²) in [5.74, 6) is -2.41. The first kappa shape index (κ1) is 11.5. The van der Waals surface area contributed by atoms with Crippen LogP contribution in [0.3, 0.4) is 0 Å². The molecule has 86 valence electrons. The first-order chi connectivity index (χ1) is 8.16. The van der Waals surface area contributed by atoms with E-state index >= 15 is 0 Å². The molecule has 0 bridgehead atoms. The number of ketones is 3. The lowest BCUT2D eigenvalue weighted by Crippen LogP contribution is -2.35. The van der Waals surface area contributed by atoms with Gasteiger partial charge in [-0.1, -0.05) is 43.3 Å². The molecule has 3 heteroatoms. The van der Waals surface area contributed by atoms with Gasteiger partial charge < -0.3 is 0 Å². The number of hydrogen-bond acceptors (Lipinski definition) is 3. The van der Waals surface area contributed by atoms with Crippen molar-refractivity contribution in [2.75, 3.05) is 0 Å². The van der Waals surface area contributed by atoms with E-state index in [9.17, 15) is 14.4 Å². The molecule has 1 aliphatic carbocycles. The monoisotopic (exact) mass is 228 g/mol. The minimum atomic E-state index is -0.933. The van der Waals surface area contributed by atoms with E-state index in [0.717, 1.165) is 6.42 Å². The van der Waals surface area contributed by atoms with Crippen molar-refractivity contribution in [1.29, 1.82) is 0 Å². The number of rotatable bonds is 2. The fraction of sp³-hybridized carbons (Fsp3) is 0.214. The Labute approximate surface area is 99.1 Å². The van der Waals surface area contributed by atoms with Gasteiger partial charge in [0, 0.05) is 11.1 Å². The number of allylic oxidation sites excluding steroid dienone is 2. The Morgan fingerprint density at radius 1 is 1.06 bits per heavy atom. The van der Waals surface area contributed by atoms with Gasteiger partial charge in [0.15, 0.2) is 5.78 Å². The van der Waals surface area contributed by atoms with E-state index < -0.39 is 17.5 Å². The fourth-order valence-corrected chi connectivity index (χ4v) is 1.90. The van der Waals surface area contributed by atoms with Gasteiger partial charge in [-0.05, 0) is 6.42 Å². The summed E-state index contributed by atoms with van der Waals surface area (Å²) >= 11 is 0. The molecular weight excluding hydrogens is 216 g/mol. The minimum absolute atomic E-state index is 0.226. The van der Waals surface area contributed by atoms with Gasteiger partial charge in [-0.2, -0.15) is 0 Å². The van der Waals surface area contributed by atoms with Crippen LogP contribution in [0, 0.1) is 5.92 Å². The molecule has 1 atom stereocenters. The van der Waals surface area contributed by atoms with E-state index in [4.69, 9.17) is 0 Å². The van der Waals surface area contributed by atoms with Gasteiger partial charge in [-0.25, -0.2) is 0 Å². The Hall–Kier alpha value is -2.03. The maximum atomic E-state index is 12.1. The lowest BCUT2D eigenvalue weighted by Gasteiger charge is -2.18. The smallest absolute Gasteiger partial charge is 0.230 e. The van der Waals surface area contributed by atoms with Crippen LogP contribution in [-0.4, -0.2) is 17.3 Å². The molecule has 0 saturated carbocycles. The quantitative estimate of drug-likeness (QED) is 0.443. The predicted molar refractivity (Wildman–Crippen MR) is 63.0 cm³/mol. The molecule has 1 unspecified atom stereocenters. The van der Waals surface area contributed by atoms with Crippen LogP contribution in [0.15, 0.2) is 36.4 Å². The molecule has 1 aromatic carbocycles. The zero-order valence-electron chi connectivity index (χ0n) is 9.47. The van der Waals surface area contributed by atoms with Crippen molar-refractivity contribution in [3.8, 4) is 0 Å². The van der Waals surface area contributed by atoms with Crippen molar-refractivity contribution in [1.82, 2.24) is 0 Å². The summed E-state index contributed by atoms with van der Waals surface area (Å²) in [5.41, 5.74) is 0.575. The highest BCUT2D eigenvalue weighted by atomic mass is 16.2. The van der Waals surface area contributed by atoms with Crippen LogP contribution in [0.1, 0.15) is 34.1 Å². The molecule has 0 aromatic heterocycles. The van der Waals surface area contributed by atoms with Crippen LogP contribution in [-0.2, 0) is 4.79 Å². The van der Waals surface area contributed by atoms with Crippen molar-refractivity contribution in [3.63, 3.8) is 0 Å². The van der Waals surface area contributed by atoms with Gasteiger partial charge in [0.05, 0.1) is 0 Å². The van der Waals surface area contributed by atoms with E-state index in [-0.39, 0.29) is 11.3 Å². The minimum Gasteiger partial charge on any atom is -0.293 e. The first-order valence-corrected chi connectivity index (χ1v) is 5.55. The van der Waals surface area contributed by atoms with E-state index in [1.807, 2.05) is 6.92 Å². The largest absolute Gasteiger partial charge is 0.293 e. The highest BCUT2D eigenvalue weighted by molar-refractivity contribution is 6.52. The van der Waals surface area contributed by atoms with E-state index in [1.165, 1.54) is 12.1 Å². The third kappa shape index (κ3) is 1.84. The van der Waals surface area contributed by atoms with Crippen LogP contribution < -0.4 is 0 Å². The molecule has 0 heterocycles. The molecule has 0 amide bonds. The number of carbonyl (C=O) groups is 3. The van der Waals surface area contributed by atoms with Gasteiger partial charge in [-0.3, -0.25) is 14.4 Å². The summed E-state index contributed by atoms with van der Waals surface area (Å²) in [5, 5.41) is 0. The van der Waals surface area contributed by atoms with Crippen molar-refractivity contribution in [3.05, 3.63) is 47.5 Å². The third-order valence-corrected chi connectivity index (χ3v) is 2.79. The molecule has 0 fully saturated rings. The summed E-state index contributed by atoms with van der Waals surface area (Å²) in [6, 6.07) is 6.46. The molecule has 1 aliphatic rings. The first-order valence-electron chi connectivity index (χ1n) is 5.55. The lowest BCUT2D eigenvalue weighted by atomic mass is 9.80. The van der Waals surface area contributed by atoms with Crippen LogP contribution >= 0.6 is 0 Å². The Morgan fingerprint density at radius 3 is 2.35 bits per heavy atom. The average Bonchev–Trinajstić information content (AvgIpc) is 2.36. The molecule has 3 nitrogen and oxygen atoms in total. The van der Waals surface area contributed by atoms with Gasteiger partial charge in [-0.15, -0.1) is 0 Å². The van der Waals surface area contributed by atoms with Gasteiger partial charge in [0.2, 0.25) is 11.6 Å². The Kier molecular flexibility index (Phi) is 3.00. The molecule has 0 N–H and O–H groups in total. The van der Waals surface area contributed by atoms with Gasteiger partial charge in [0.1, 0.15) is 5.92 Å². The standard InChI is InChI=1S/C14H12O3/c1-2-3-6-11-12(15)9-7-4-5-8-10(9)13(16)14(11)17/h3-8,11H,2H2,1H3. The molecule has 1 aromatic rings. The van der Waals surface area contributed by atoms with Gasteiger partial charge >= 0.3 is 0 Å². The second kappa shape index (κ2) is 4.45. The van der Waals surface area contributed by atoms with E-state index in [0.29, 0.717) is 5.56 Å². The lowest BCUT2D eigenvalue weighted by molar-refractivity contribution is -0.116. The maximum Gasteiger partial charge on any atom is 0.230 e. The highest BCUT2D eigenvalue weighted by Crippen LogP contribution is 2.24. The Balaban J connectivity index is 2.51. The molecule has 17 heavy (non-hydrogen) atoms. The molecule has 0 radical (unpaired) electrons. The maximum absolute atomic E-state index is 12.1. The summed E-state index contributed by atoms with van der Waals surface area (Å²) in [4.78, 5) is 35.6. The predicted octanol–water partition coefficient (Wildman–Crippen LogP) is 2.22. The zero-order chi connectivity index (χ0) is 12.4. The number of fused-ring (bicyclic) bond motifs is 1. The number of carbonyl (C=O) groups excluding carboxylic acids is 3. The van der Waals surface area contributed by atoms with E-state index in [1.54, 1.807) is 24.3 Å². The summed E-state index contributed by atoms with van der Waals surface area (Å²) < 4.78 is 0. The Bertz CT molecular complexity index is 526. The van der Waals surface area contributed by atoms with Crippen LogP contribution in [0.25, 0.3) is 0 Å². The number of benzene rings is 1. The summed E-state index contributed by atoms with van der Waals surface area (Å²) in [6.45, 7) is 1.91. The van der Waals surface area contributed by atoms with Crippen LogP contribution in [0.2, 0.25) is 0 Å². The number of hydrogen-bond donors (Lipinski definition) is 0. The molecule has 0 aliphatic heterocycles. The summed E-state index contributed by atoms with van der Waals surface area (Å²) in [6.07, 6.45) is 3.99. The van der Waals surface area contributed by atoms with E-state index in [2.05, 4.69) is 0 Å². The average molecular weight is 228 g/mol. The van der Waals surface area contributed by atoms with Crippen LogP contribution in [0.5, 0.6) is 0 Å². The fourth-order valence-electron chi connectivity index (χ4n) is 1.90. The molecular formula is C14H12O3. The van der Waals surface area contributed by atoms with Crippen molar-refractivity contribution in [2.24, 2.45) is 5.92 Å².